The molecular formula is C45H53N4O14S2+. The van der Waals surface area contributed by atoms with Crippen molar-refractivity contribution >= 4 is 72.9 Å². The maximum Gasteiger partial charge on any atom is 0.337 e. The molecule has 4 aliphatic rings. The van der Waals surface area contributed by atoms with Crippen molar-refractivity contribution in [3.8, 4) is 0 Å². The van der Waals surface area contributed by atoms with Crippen molar-refractivity contribution in [2.45, 2.75) is 103 Å². The first-order valence-electron chi connectivity index (χ1n) is 21.2. The molecule has 20 heteroatoms. The van der Waals surface area contributed by atoms with Crippen molar-refractivity contribution in [2.24, 2.45) is 0 Å². The van der Waals surface area contributed by atoms with Crippen LogP contribution in [0.1, 0.15) is 101 Å². The van der Waals surface area contributed by atoms with E-state index in [1.807, 2.05) is 82.3 Å². The highest BCUT2D eigenvalue weighted by Crippen LogP contribution is 2.48. The molecule has 0 spiro atoms. The smallest absolute Gasteiger partial charge is 0.337 e. The summed E-state index contributed by atoms with van der Waals surface area (Å²) in [6.07, 6.45) is 10.2. The molecule has 2 aromatic rings. The van der Waals surface area contributed by atoms with Crippen LogP contribution in [0.2, 0.25) is 0 Å². The molecule has 0 saturated carbocycles. The average molecular weight is 938 g/mol. The van der Waals surface area contributed by atoms with Gasteiger partial charge in [0, 0.05) is 73.2 Å². The summed E-state index contributed by atoms with van der Waals surface area (Å²) < 4.78 is 66.6. The molecule has 0 radical (unpaired) electrons. The molecule has 0 atom stereocenters. The van der Waals surface area contributed by atoms with Crippen molar-refractivity contribution in [1.82, 2.24) is 10.1 Å². The number of carbonyl (C=O) groups excluding carboxylic acids is 6. The predicted octanol–water partition coefficient (Wildman–Crippen LogP) is 4.49. The molecule has 0 aromatic heterocycles. The Morgan fingerprint density at radius 2 is 1.18 bits per heavy atom. The third kappa shape index (κ3) is 11.5. The van der Waals surface area contributed by atoms with Crippen LogP contribution in [-0.2, 0) is 82.4 Å². The van der Waals surface area contributed by atoms with Crippen molar-refractivity contribution in [2.75, 3.05) is 29.5 Å². The Kier molecular flexibility index (Phi) is 14.5. The second-order valence-corrected chi connectivity index (χ2v) is 20.5. The SMILES string of the molecule is CC1(C)C(=CC=CC=CC2=[N+](CCCCS(=O)(=O)O)c3ccc(CC(=O)ON4C(=O)CCC4=O)cc3C2(C)C)N(CCCCS(=O)(=O)O)c2ccc(CC(=O)ON3C(=O)CCC3=O)cc21. The molecule has 2 fully saturated rings. The molecule has 6 rings (SSSR count). The number of hydroxylamine groups is 4. The highest BCUT2D eigenvalue weighted by atomic mass is 32.2. The van der Waals surface area contributed by atoms with E-state index in [0.29, 0.717) is 47.2 Å². The van der Waals surface area contributed by atoms with Gasteiger partial charge < -0.3 is 14.6 Å². The lowest BCUT2D eigenvalue weighted by molar-refractivity contribution is -0.438. The topological polar surface area (TPSA) is 242 Å². The van der Waals surface area contributed by atoms with E-state index in [2.05, 4.69) is 9.48 Å². The molecule has 0 bridgehead atoms. The molecule has 2 saturated heterocycles. The number of hydrogen-bond acceptors (Lipinski definition) is 13. The van der Waals surface area contributed by atoms with Crippen LogP contribution in [0.3, 0.4) is 0 Å². The third-order valence-corrected chi connectivity index (χ3v) is 13.4. The second-order valence-electron chi connectivity index (χ2n) is 17.4. The van der Waals surface area contributed by atoms with E-state index in [1.54, 1.807) is 12.1 Å². The van der Waals surface area contributed by atoms with Gasteiger partial charge in [-0.1, -0.05) is 50.3 Å². The van der Waals surface area contributed by atoms with Gasteiger partial charge in [-0.15, -0.1) is 10.1 Å². The number of nitrogens with zero attached hydrogens (tertiary/aromatic N) is 4. The number of allylic oxidation sites excluding steroid dienone is 6. The normalized spacial score (nSPS) is 18.9. The quantitative estimate of drug-likeness (QED) is 0.0648. The number of hydrogen-bond donors (Lipinski definition) is 2. The predicted molar refractivity (Wildman–Crippen MR) is 236 cm³/mol. The Bertz CT molecular complexity index is 2630. The zero-order valence-electron chi connectivity index (χ0n) is 36.6. The monoisotopic (exact) mass is 937 g/mol. The van der Waals surface area contributed by atoms with Crippen LogP contribution in [0.15, 0.2) is 72.5 Å². The van der Waals surface area contributed by atoms with Crippen LogP contribution in [0, 0.1) is 0 Å². The van der Waals surface area contributed by atoms with Gasteiger partial charge in [0.1, 0.15) is 6.54 Å². The van der Waals surface area contributed by atoms with E-state index >= 15 is 0 Å². The molecule has 65 heavy (non-hydrogen) atoms. The zero-order chi connectivity index (χ0) is 47.5. The van der Waals surface area contributed by atoms with E-state index in [9.17, 15) is 54.7 Å². The lowest BCUT2D eigenvalue weighted by Gasteiger charge is -2.27. The summed E-state index contributed by atoms with van der Waals surface area (Å²) in [5.74, 6) is -4.63. The minimum atomic E-state index is -4.16. The first-order chi connectivity index (χ1) is 30.5. The maximum atomic E-state index is 12.8. The lowest BCUT2D eigenvalue weighted by atomic mass is 9.80. The van der Waals surface area contributed by atoms with Crippen molar-refractivity contribution in [3.05, 3.63) is 94.7 Å². The maximum absolute atomic E-state index is 12.8. The number of amides is 4. The van der Waals surface area contributed by atoms with Gasteiger partial charge in [-0.3, -0.25) is 28.3 Å². The average Bonchev–Trinajstić information content (AvgIpc) is 3.84. The van der Waals surface area contributed by atoms with Gasteiger partial charge in [0.25, 0.3) is 43.9 Å². The van der Waals surface area contributed by atoms with Crippen LogP contribution in [0.25, 0.3) is 0 Å². The molecule has 2 aromatic carbocycles. The fourth-order valence-electron chi connectivity index (χ4n) is 8.53. The largest absolute Gasteiger partial charge is 0.344 e. The van der Waals surface area contributed by atoms with Crippen LogP contribution < -0.4 is 4.90 Å². The Hall–Kier alpha value is -5.83. The molecule has 18 nitrogen and oxygen atoms in total. The minimum Gasteiger partial charge on any atom is -0.344 e. The number of anilines is 1. The Labute approximate surface area is 377 Å². The van der Waals surface area contributed by atoms with Crippen molar-refractivity contribution in [3.63, 3.8) is 0 Å². The van der Waals surface area contributed by atoms with Crippen LogP contribution in [-0.4, -0.2) is 107 Å². The summed E-state index contributed by atoms with van der Waals surface area (Å²) >= 11 is 0. The van der Waals surface area contributed by atoms with Gasteiger partial charge in [-0.2, -0.15) is 21.4 Å². The summed E-state index contributed by atoms with van der Waals surface area (Å²) in [4.78, 5) is 85.9. The molecule has 0 aliphatic carbocycles. The Balaban J connectivity index is 1.24. The number of benzene rings is 2. The molecule has 4 heterocycles. The molecule has 4 aliphatic heterocycles. The fraction of sp³-hybridized carbons (Fsp3) is 0.444. The highest BCUT2D eigenvalue weighted by molar-refractivity contribution is 7.86. The first-order valence-corrected chi connectivity index (χ1v) is 24.5. The van der Waals surface area contributed by atoms with Crippen molar-refractivity contribution in [1.29, 1.82) is 0 Å². The summed E-state index contributed by atoms with van der Waals surface area (Å²) in [6, 6.07) is 10.9. The summed E-state index contributed by atoms with van der Waals surface area (Å²) in [7, 11) is -8.31. The number of fused-ring (bicyclic) bond motifs is 2. The molecular weight excluding hydrogens is 885 g/mol. The zero-order valence-corrected chi connectivity index (χ0v) is 38.3. The first kappa shape index (κ1) is 48.6. The van der Waals surface area contributed by atoms with Gasteiger partial charge in [-0.25, -0.2) is 9.59 Å². The highest BCUT2D eigenvalue weighted by Gasteiger charge is 2.45. The molecule has 4 amide bonds. The Morgan fingerprint density at radius 1 is 0.677 bits per heavy atom. The summed E-state index contributed by atoms with van der Waals surface area (Å²) in [5, 5.41) is 1.02. The van der Waals surface area contributed by atoms with Gasteiger partial charge >= 0.3 is 11.9 Å². The number of imide groups is 2. The van der Waals surface area contributed by atoms with Gasteiger partial charge in [0.15, 0.2) is 5.71 Å². The number of rotatable bonds is 19. The minimum absolute atomic E-state index is 0.0243. The fourth-order valence-corrected chi connectivity index (χ4v) is 9.67. The number of unbranched alkanes of at least 4 members (excludes halogenated alkanes) is 2. The van der Waals surface area contributed by atoms with E-state index < -0.39 is 78.1 Å². The Morgan fingerprint density at radius 3 is 1.72 bits per heavy atom. The van der Waals surface area contributed by atoms with Crippen LogP contribution >= 0.6 is 0 Å². The summed E-state index contributed by atoms with van der Waals surface area (Å²) in [5.41, 5.74) is 5.06. The molecule has 0 unspecified atom stereocenters. The summed E-state index contributed by atoms with van der Waals surface area (Å²) in [6.45, 7) is 8.86. The third-order valence-electron chi connectivity index (χ3n) is 11.8. The van der Waals surface area contributed by atoms with Gasteiger partial charge in [0.05, 0.1) is 29.8 Å². The van der Waals surface area contributed by atoms with E-state index in [1.165, 1.54) is 0 Å². The van der Waals surface area contributed by atoms with E-state index in [0.717, 1.165) is 33.9 Å². The second kappa shape index (κ2) is 19.3. The van der Waals surface area contributed by atoms with Gasteiger partial charge in [0.2, 0.25) is 5.69 Å². The lowest BCUT2D eigenvalue weighted by Crippen LogP contribution is -2.32. The van der Waals surface area contributed by atoms with Crippen LogP contribution in [0.5, 0.6) is 0 Å². The van der Waals surface area contributed by atoms with Crippen LogP contribution in [0.4, 0.5) is 11.4 Å². The van der Waals surface area contributed by atoms with E-state index in [4.69, 9.17) is 9.68 Å². The van der Waals surface area contributed by atoms with E-state index in [-0.39, 0.29) is 51.4 Å². The molecule has 348 valence electrons. The standard InChI is InChI=1S/C45H52N4O14S2/c1-44(2)32-26-30(28-42(54)62-48-38(50)18-19-39(48)51)14-16-34(32)46(22-8-10-24-64(56,57)58)36(44)12-6-5-7-13-37-45(3,4)33-27-31(29-43(55)63-49-40(52)20-21-41(49)53)15-17-35(33)47(37)23-9-11-25-65(59,60)61/h5-7,12-17,26-27H,8-11,18-25,28-29H2,1-4H3,(H-,56,57,58,59,60,61)/p+1. The molecule has 2 N–H and O–H groups in total. The van der Waals surface area contributed by atoms with Gasteiger partial charge in [-0.05, 0) is 68.0 Å². The number of carbonyl (C=O) groups is 6. The van der Waals surface area contributed by atoms with Crippen molar-refractivity contribution < 1.29 is 69.0 Å².